The molecule has 1 saturated heterocycles. The highest BCUT2D eigenvalue weighted by atomic mass is 16.5. The summed E-state index contributed by atoms with van der Waals surface area (Å²) >= 11 is 0. The van der Waals surface area contributed by atoms with Crippen LogP contribution < -0.4 is 15.8 Å². The molecule has 2 aromatic carbocycles. The lowest BCUT2D eigenvalue weighted by atomic mass is 10.0. The monoisotopic (exact) mass is 533 g/mol. The van der Waals surface area contributed by atoms with Gasteiger partial charge >= 0.3 is 0 Å². The number of primary amides is 1. The summed E-state index contributed by atoms with van der Waals surface area (Å²) in [6.07, 6.45) is 5.34. The highest BCUT2D eigenvalue weighted by Gasteiger charge is 2.21. The molecule has 5 rings (SSSR count). The number of hydrogen-bond acceptors (Lipinski definition) is 8. The van der Waals surface area contributed by atoms with Crippen LogP contribution in [-0.2, 0) is 6.54 Å². The van der Waals surface area contributed by atoms with Crippen LogP contribution >= 0.6 is 0 Å². The molecule has 40 heavy (non-hydrogen) atoms. The zero-order valence-electron chi connectivity index (χ0n) is 22.6. The van der Waals surface area contributed by atoms with Gasteiger partial charge in [0, 0.05) is 55.3 Å². The number of ether oxygens (including phenoxy) is 1. The van der Waals surface area contributed by atoms with Crippen molar-refractivity contribution in [3.63, 3.8) is 0 Å². The number of hydrogen-bond donors (Lipinski definition) is 2. The number of amides is 1. The Bertz CT molecular complexity index is 1520. The average Bonchev–Trinajstić information content (AvgIpc) is 2.96. The SMILES string of the molecule is Cc1cc(C#N)cc(C)c1Oc1cc(-c2ccncc2)nc(NC2CCN(Cc3ccc(C(N)=O)cc3)CC2)n1. The molecule has 4 aromatic rings. The topological polar surface area (TPSA) is 130 Å². The zero-order chi connectivity index (χ0) is 28.1. The number of nitriles is 1. The Morgan fingerprint density at radius 2 is 1.73 bits per heavy atom. The predicted octanol–water partition coefficient (Wildman–Crippen LogP) is 4.99. The van der Waals surface area contributed by atoms with Gasteiger partial charge in [0.25, 0.3) is 0 Å². The Balaban J connectivity index is 1.30. The van der Waals surface area contributed by atoms with Crippen molar-refractivity contribution >= 4 is 11.9 Å². The third-order valence-electron chi connectivity index (χ3n) is 7.04. The quantitative estimate of drug-likeness (QED) is 0.324. The molecule has 9 heteroatoms. The Morgan fingerprint density at radius 1 is 1.05 bits per heavy atom. The maximum absolute atomic E-state index is 11.3. The molecule has 9 nitrogen and oxygen atoms in total. The lowest BCUT2D eigenvalue weighted by molar-refractivity contribution is 0.1000. The van der Waals surface area contributed by atoms with Gasteiger partial charge < -0.3 is 15.8 Å². The molecule has 0 bridgehead atoms. The number of carbonyl (C=O) groups is 1. The van der Waals surface area contributed by atoms with Crippen molar-refractivity contribution in [1.82, 2.24) is 19.9 Å². The van der Waals surface area contributed by atoms with Crippen molar-refractivity contribution in [3.05, 3.63) is 94.8 Å². The third-order valence-corrected chi connectivity index (χ3v) is 7.04. The largest absolute Gasteiger partial charge is 0.438 e. The first-order valence-electron chi connectivity index (χ1n) is 13.2. The van der Waals surface area contributed by atoms with Gasteiger partial charge in [-0.2, -0.15) is 10.2 Å². The van der Waals surface area contributed by atoms with E-state index in [1.165, 1.54) is 0 Å². The number of rotatable bonds is 8. The number of nitrogens with zero attached hydrogens (tertiary/aromatic N) is 5. The molecule has 3 heterocycles. The fraction of sp³-hybridized carbons (Fsp3) is 0.258. The predicted molar refractivity (Wildman–Crippen MR) is 153 cm³/mol. The number of nitrogens with two attached hydrogens (primary N) is 1. The van der Waals surface area contributed by atoms with Gasteiger partial charge in [0.05, 0.1) is 17.3 Å². The Morgan fingerprint density at radius 3 is 2.35 bits per heavy atom. The molecule has 1 fully saturated rings. The molecule has 1 aliphatic rings. The summed E-state index contributed by atoms with van der Waals surface area (Å²) in [5.41, 5.74) is 11.0. The standard InChI is InChI=1S/C31H31N7O2/c1-20-15-23(18-32)16-21(2)29(20)40-28-17-27(24-7-11-34-12-8-24)36-31(37-28)35-26-9-13-38(14-10-26)19-22-3-5-25(6-4-22)30(33)39/h3-8,11-12,15-17,26H,9-10,13-14,19H2,1-2H3,(H2,33,39)(H,35,36,37). The second-order valence-electron chi connectivity index (χ2n) is 10.1. The zero-order valence-corrected chi connectivity index (χ0v) is 22.6. The summed E-state index contributed by atoms with van der Waals surface area (Å²) in [6.45, 7) is 6.51. The molecule has 0 unspecified atom stereocenters. The highest BCUT2D eigenvalue weighted by molar-refractivity contribution is 5.92. The number of carbonyl (C=O) groups excluding carboxylic acids is 1. The van der Waals surface area contributed by atoms with E-state index in [0.29, 0.717) is 28.7 Å². The molecule has 0 atom stereocenters. The van der Waals surface area contributed by atoms with Crippen LogP contribution in [0.5, 0.6) is 11.6 Å². The average molecular weight is 534 g/mol. The summed E-state index contributed by atoms with van der Waals surface area (Å²) in [5, 5.41) is 12.8. The van der Waals surface area contributed by atoms with Gasteiger partial charge in [0.15, 0.2) is 0 Å². The summed E-state index contributed by atoms with van der Waals surface area (Å²) in [4.78, 5) is 27.4. The van der Waals surface area contributed by atoms with E-state index < -0.39 is 5.91 Å². The number of likely N-dealkylation sites (tertiary alicyclic amines) is 1. The minimum Gasteiger partial charge on any atom is -0.438 e. The lowest BCUT2D eigenvalue weighted by Gasteiger charge is -2.32. The van der Waals surface area contributed by atoms with E-state index in [-0.39, 0.29) is 6.04 Å². The van der Waals surface area contributed by atoms with Gasteiger partial charge in [0.1, 0.15) is 5.75 Å². The van der Waals surface area contributed by atoms with Crippen LogP contribution in [0.4, 0.5) is 5.95 Å². The van der Waals surface area contributed by atoms with Gasteiger partial charge in [-0.1, -0.05) is 12.1 Å². The minimum absolute atomic E-state index is 0.215. The van der Waals surface area contributed by atoms with Gasteiger partial charge in [-0.3, -0.25) is 14.7 Å². The molecule has 1 aliphatic heterocycles. The van der Waals surface area contributed by atoms with Crippen LogP contribution in [0.15, 0.2) is 67.0 Å². The Labute approximate surface area is 233 Å². The third kappa shape index (κ3) is 6.42. The van der Waals surface area contributed by atoms with E-state index in [2.05, 4.69) is 21.3 Å². The summed E-state index contributed by atoms with van der Waals surface area (Å²) < 4.78 is 6.28. The Hall–Kier alpha value is -4.81. The van der Waals surface area contributed by atoms with Crippen LogP contribution in [0, 0.1) is 25.2 Å². The second kappa shape index (κ2) is 11.9. The molecule has 0 spiro atoms. The van der Waals surface area contributed by atoms with E-state index in [9.17, 15) is 10.1 Å². The van der Waals surface area contributed by atoms with Crippen molar-refractivity contribution < 1.29 is 9.53 Å². The smallest absolute Gasteiger partial charge is 0.248 e. The van der Waals surface area contributed by atoms with E-state index >= 15 is 0 Å². The van der Waals surface area contributed by atoms with Crippen LogP contribution in [0.1, 0.15) is 45.5 Å². The lowest BCUT2D eigenvalue weighted by Crippen LogP contribution is -2.39. The van der Waals surface area contributed by atoms with Crippen molar-refractivity contribution in [3.8, 4) is 29.0 Å². The van der Waals surface area contributed by atoms with Crippen LogP contribution in [0.3, 0.4) is 0 Å². The second-order valence-corrected chi connectivity index (χ2v) is 10.1. The maximum atomic E-state index is 11.3. The van der Waals surface area contributed by atoms with Crippen molar-refractivity contribution in [2.75, 3.05) is 18.4 Å². The number of anilines is 1. The highest BCUT2D eigenvalue weighted by Crippen LogP contribution is 2.31. The van der Waals surface area contributed by atoms with Gasteiger partial charge in [-0.15, -0.1) is 0 Å². The normalized spacial score (nSPS) is 13.9. The van der Waals surface area contributed by atoms with Crippen LogP contribution in [-0.4, -0.2) is 44.9 Å². The summed E-state index contributed by atoms with van der Waals surface area (Å²) in [5.74, 6) is 1.21. The first-order valence-corrected chi connectivity index (χ1v) is 13.2. The summed E-state index contributed by atoms with van der Waals surface area (Å²) in [7, 11) is 0. The first-order chi connectivity index (χ1) is 19.4. The van der Waals surface area contributed by atoms with Crippen molar-refractivity contribution in [2.24, 2.45) is 5.73 Å². The van der Waals surface area contributed by atoms with Crippen LogP contribution in [0.2, 0.25) is 0 Å². The number of benzene rings is 2. The number of piperidine rings is 1. The molecule has 202 valence electrons. The summed E-state index contributed by atoms with van der Waals surface area (Å²) in [6, 6.07) is 19.1. The number of pyridine rings is 1. The molecule has 2 aromatic heterocycles. The van der Waals surface area contributed by atoms with E-state index in [1.54, 1.807) is 24.5 Å². The molecule has 0 radical (unpaired) electrons. The number of aryl methyl sites for hydroxylation is 2. The van der Waals surface area contributed by atoms with Crippen LogP contribution in [0.25, 0.3) is 11.3 Å². The van der Waals surface area contributed by atoms with E-state index in [1.807, 2.05) is 56.3 Å². The molecule has 1 amide bonds. The maximum Gasteiger partial charge on any atom is 0.248 e. The fourth-order valence-corrected chi connectivity index (χ4v) is 4.94. The number of aromatic nitrogens is 3. The van der Waals surface area contributed by atoms with Crippen molar-refractivity contribution in [2.45, 2.75) is 39.3 Å². The molecule has 0 aliphatic carbocycles. The molecule has 0 saturated carbocycles. The van der Waals surface area contributed by atoms with Gasteiger partial charge in [-0.05, 0) is 79.8 Å². The van der Waals surface area contributed by atoms with Gasteiger partial charge in [0.2, 0.25) is 17.7 Å². The molecular weight excluding hydrogens is 502 g/mol. The van der Waals surface area contributed by atoms with Crippen molar-refractivity contribution in [1.29, 1.82) is 5.26 Å². The molecule has 3 N–H and O–H groups in total. The first kappa shape index (κ1) is 26.8. The Kier molecular flexibility index (Phi) is 7.99. The van der Waals surface area contributed by atoms with Gasteiger partial charge in [-0.25, -0.2) is 4.98 Å². The van der Waals surface area contributed by atoms with E-state index in [0.717, 1.165) is 60.4 Å². The number of nitrogens with one attached hydrogen (secondary N) is 1. The minimum atomic E-state index is -0.413. The fourth-order valence-electron chi connectivity index (χ4n) is 4.94. The molecular formula is C31H31N7O2. The van der Waals surface area contributed by atoms with E-state index in [4.69, 9.17) is 20.4 Å².